The molecular weight excluding hydrogens is 306 g/mol. The molecule has 1 aromatic heterocycles. The van der Waals surface area contributed by atoms with Crippen LogP contribution in [0.15, 0.2) is 40.8 Å². The molecule has 0 aliphatic heterocycles. The Bertz CT molecular complexity index is 705. The van der Waals surface area contributed by atoms with E-state index in [9.17, 15) is 9.59 Å². The molecule has 0 radical (unpaired) electrons. The molecule has 5 nitrogen and oxygen atoms in total. The average Bonchev–Trinajstić information content (AvgIpc) is 2.95. The van der Waals surface area contributed by atoms with Crippen LogP contribution in [0.1, 0.15) is 53.6 Å². The molecule has 0 spiro atoms. The fraction of sp³-hybridized carbons (Fsp3) is 0.368. The molecule has 0 saturated carbocycles. The van der Waals surface area contributed by atoms with Crippen LogP contribution in [0.5, 0.6) is 0 Å². The largest absolute Gasteiger partial charge is 0.478 e. The van der Waals surface area contributed by atoms with Crippen molar-refractivity contribution in [1.82, 2.24) is 5.32 Å². The van der Waals surface area contributed by atoms with Crippen molar-refractivity contribution in [2.75, 3.05) is 0 Å². The van der Waals surface area contributed by atoms with E-state index in [1.807, 2.05) is 30.3 Å². The van der Waals surface area contributed by atoms with Crippen LogP contribution < -0.4 is 5.32 Å². The first-order valence-corrected chi connectivity index (χ1v) is 8.09. The van der Waals surface area contributed by atoms with Gasteiger partial charge in [0.05, 0.1) is 12.5 Å². The molecule has 24 heavy (non-hydrogen) atoms. The Morgan fingerprint density at radius 3 is 2.46 bits per heavy atom. The van der Waals surface area contributed by atoms with Crippen molar-refractivity contribution in [3.8, 4) is 0 Å². The summed E-state index contributed by atoms with van der Waals surface area (Å²) in [7, 11) is 0. The summed E-state index contributed by atoms with van der Waals surface area (Å²) in [5.41, 5.74) is 1.10. The Labute approximate surface area is 141 Å². The molecule has 5 heteroatoms. The number of hydrogen-bond acceptors (Lipinski definition) is 3. The van der Waals surface area contributed by atoms with Crippen molar-refractivity contribution < 1.29 is 19.1 Å². The summed E-state index contributed by atoms with van der Waals surface area (Å²) in [6, 6.07) is 11.1. The van der Waals surface area contributed by atoms with Crippen molar-refractivity contribution >= 4 is 11.9 Å². The van der Waals surface area contributed by atoms with Crippen molar-refractivity contribution in [3.63, 3.8) is 0 Å². The highest BCUT2D eigenvalue weighted by molar-refractivity contribution is 5.89. The van der Waals surface area contributed by atoms with Gasteiger partial charge in [0.2, 0.25) is 5.91 Å². The van der Waals surface area contributed by atoms with E-state index in [-0.39, 0.29) is 29.9 Å². The van der Waals surface area contributed by atoms with Gasteiger partial charge in [-0.25, -0.2) is 4.79 Å². The minimum absolute atomic E-state index is 0.0820. The third kappa shape index (κ3) is 4.04. The van der Waals surface area contributed by atoms with Crippen molar-refractivity contribution in [2.24, 2.45) is 5.92 Å². The van der Waals surface area contributed by atoms with Crippen molar-refractivity contribution in [2.45, 2.75) is 39.7 Å². The molecule has 1 heterocycles. The Morgan fingerprint density at radius 2 is 1.92 bits per heavy atom. The Balaban J connectivity index is 2.11. The maximum absolute atomic E-state index is 12.7. The zero-order valence-electron chi connectivity index (χ0n) is 14.2. The molecule has 0 bridgehead atoms. The van der Waals surface area contributed by atoms with Crippen LogP contribution in [0, 0.1) is 12.8 Å². The molecule has 128 valence electrons. The number of furan rings is 1. The predicted octanol–water partition coefficient (Wildman–Crippen LogP) is 3.73. The second kappa shape index (κ2) is 7.81. The summed E-state index contributed by atoms with van der Waals surface area (Å²) in [6.45, 7) is 5.88. The number of hydrogen-bond donors (Lipinski definition) is 2. The number of rotatable bonds is 7. The van der Waals surface area contributed by atoms with Crippen LogP contribution in [-0.4, -0.2) is 17.0 Å². The van der Waals surface area contributed by atoms with E-state index < -0.39 is 5.97 Å². The maximum atomic E-state index is 12.7. The molecule has 1 amide bonds. The SMILES string of the molecule is CC[C@@H](C)[C@H](C(=O)NCc1cc(C(=O)O)c(C)o1)c1ccccc1. The van der Waals surface area contributed by atoms with Crippen molar-refractivity contribution in [3.05, 3.63) is 59.0 Å². The number of amides is 1. The van der Waals surface area contributed by atoms with Gasteiger partial charge in [-0.15, -0.1) is 0 Å². The van der Waals surface area contributed by atoms with Gasteiger partial charge in [-0.3, -0.25) is 4.79 Å². The van der Waals surface area contributed by atoms with Gasteiger partial charge in [-0.2, -0.15) is 0 Å². The highest BCUT2D eigenvalue weighted by atomic mass is 16.4. The van der Waals surface area contributed by atoms with Crippen LogP contribution in [0.25, 0.3) is 0 Å². The molecule has 0 fully saturated rings. The Hall–Kier alpha value is -2.56. The number of benzene rings is 1. The van der Waals surface area contributed by atoms with Crippen molar-refractivity contribution in [1.29, 1.82) is 0 Å². The second-order valence-electron chi connectivity index (χ2n) is 5.98. The van der Waals surface area contributed by atoms with E-state index in [0.29, 0.717) is 11.5 Å². The molecule has 2 atom stereocenters. The van der Waals surface area contributed by atoms with E-state index in [4.69, 9.17) is 9.52 Å². The van der Waals surface area contributed by atoms with Crippen LogP contribution in [0.4, 0.5) is 0 Å². The number of carbonyl (C=O) groups excluding carboxylic acids is 1. The summed E-state index contributed by atoms with van der Waals surface area (Å²) in [4.78, 5) is 23.7. The van der Waals surface area contributed by atoms with Gasteiger partial charge >= 0.3 is 5.97 Å². The first-order chi connectivity index (χ1) is 11.4. The third-order valence-electron chi connectivity index (χ3n) is 4.29. The van der Waals surface area contributed by atoms with Gasteiger partial charge in [-0.1, -0.05) is 50.6 Å². The lowest BCUT2D eigenvalue weighted by atomic mass is 9.85. The second-order valence-corrected chi connectivity index (χ2v) is 5.98. The smallest absolute Gasteiger partial charge is 0.339 e. The number of carbonyl (C=O) groups is 2. The monoisotopic (exact) mass is 329 g/mol. The molecule has 0 aliphatic carbocycles. The molecule has 0 unspecified atom stereocenters. The quantitative estimate of drug-likeness (QED) is 0.811. The van der Waals surface area contributed by atoms with Gasteiger partial charge < -0.3 is 14.8 Å². The van der Waals surface area contributed by atoms with E-state index in [2.05, 4.69) is 19.2 Å². The van der Waals surface area contributed by atoms with Crippen LogP contribution in [-0.2, 0) is 11.3 Å². The summed E-state index contributed by atoms with van der Waals surface area (Å²) in [5.74, 6) is -0.383. The summed E-state index contributed by atoms with van der Waals surface area (Å²) in [6.07, 6.45) is 0.885. The zero-order valence-corrected chi connectivity index (χ0v) is 14.2. The van der Waals surface area contributed by atoms with E-state index in [0.717, 1.165) is 12.0 Å². The Morgan fingerprint density at radius 1 is 1.25 bits per heavy atom. The summed E-state index contributed by atoms with van der Waals surface area (Å²) >= 11 is 0. The molecule has 0 saturated heterocycles. The van der Waals surface area contributed by atoms with Gasteiger partial charge in [0.25, 0.3) is 0 Å². The van der Waals surface area contributed by atoms with Crippen LogP contribution in [0.2, 0.25) is 0 Å². The molecule has 0 aliphatic rings. The number of carboxylic acid groups (broad SMARTS) is 1. The minimum Gasteiger partial charge on any atom is -0.478 e. The Kier molecular flexibility index (Phi) is 5.79. The lowest BCUT2D eigenvalue weighted by Crippen LogP contribution is -2.32. The van der Waals surface area contributed by atoms with E-state index in [1.165, 1.54) is 6.07 Å². The lowest BCUT2D eigenvalue weighted by Gasteiger charge is -2.22. The number of nitrogens with one attached hydrogen (secondary N) is 1. The normalized spacial score (nSPS) is 13.3. The number of aryl methyl sites for hydroxylation is 1. The lowest BCUT2D eigenvalue weighted by molar-refractivity contribution is -0.123. The van der Waals surface area contributed by atoms with Crippen LogP contribution in [0.3, 0.4) is 0 Å². The van der Waals surface area contributed by atoms with Gasteiger partial charge in [0.1, 0.15) is 17.1 Å². The third-order valence-corrected chi connectivity index (χ3v) is 4.29. The summed E-state index contributed by atoms with van der Waals surface area (Å²) in [5, 5.41) is 11.9. The molecule has 2 aromatic rings. The average molecular weight is 329 g/mol. The standard InChI is InChI=1S/C19H23NO4/c1-4-12(2)17(14-8-6-5-7-9-14)18(21)20-11-15-10-16(19(22)23)13(3)24-15/h5-10,12,17H,4,11H2,1-3H3,(H,20,21)(H,22,23)/t12-,17+/m1/s1. The van der Waals surface area contributed by atoms with E-state index in [1.54, 1.807) is 6.92 Å². The molecular formula is C19H23NO4. The first kappa shape index (κ1) is 17.8. The molecule has 1 aromatic carbocycles. The predicted molar refractivity (Wildman–Crippen MR) is 90.9 cm³/mol. The van der Waals surface area contributed by atoms with E-state index >= 15 is 0 Å². The van der Waals surface area contributed by atoms with Gasteiger partial charge in [-0.05, 0) is 24.5 Å². The number of carboxylic acids is 1. The van der Waals surface area contributed by atoms with Crippen LogP contribution >= 0.6 is 0 Å². The highest BCUT2D eigenvalue weighted by Gasteiger charge is 2.26. The fourth-order valence-electron chi connectivity index (χ4n) is 2.76. The van der Waals surface area contributed by atoms with Gasteiger partial charge in [0.15, 0.2) is 0 Å². The van der Waals surface area contributed by atoms with Gasteiger partial charge in [0, 0.05) is 0 Å². The zero-order chi connectivity index (χ0) is 17.7. The minimum atomic E-state index is -1.03. The summed E-state index contributed by atoms with van der Waals surface area (Å²) < 4.78 is 5.40. The molecule has 2 rings (SSSR count). The molecule has 2 N–H and O–H groups in total. The topological polar surface area (TPSA) is 79.5 Å². The highest BCUT2D eigenvalue weighted by Crippen LogP contribution is 2.27. The number of aromatic carboxylic acids is 1. The fourth-order valence-corrected chi connectivity index (χ4v) is 2.76. The maximum Gasteiger partial charge on any atom is 0.339 e. The first-order valence-electron chi connectivity index (χ1n) is 8.09.